The molecule has 0 radical (unpaired) electrons. The van der Waals surface area contributed by atoms with Crippen molar-refractivity contribution in [3.05, 3.63) is 0 Å². The molecule has 14 rings (SSSR count). The van der Waals surface area contributed by atoms with Crippen molar-refractivity contribution in [2.24, 2.45) is 182 Å². The van der Waals surface area contributed by atoms with Gasteiger partial charge in [0.2, 0.25) is 0 Å². The molecule has 0 amide bonds. The van der Waals surface area contributed by atoms with E-state index in [1.807, 2.05) is 0 Å². The van der Waals surface area contributed by atoms with E-state index in [2.05, 4.69) is 194 Å². The second-order valence-corrected chi connectivity index (χ2v) is 48.9. The molecule has 14 aliphatic carbocycles. The number of hydrogen-bond acceptors (Lipinski definition) is 0. The van der Waals surface area contributed by atoms with Gasteiger partial charge in [-0.15, -0.1) is 0 Å². The minimum atomic E-state index is 0.586. The predicted molar refractivity (Wildman–Crippen MR) is 518 cm³/mol. The molecule has 114 heavy (non-hydrogen) atoms. The summed E-state index contributed by atoms with van der Waals surface area (Å²) in [5.41, 5.74) is 1.82. The Bertz CT molecular complexity index is 2120. The van der Waals surface area contributed by atoms with Crippen LogP contribution in [-0.2, 0) is 0 Å². The monoisotopic (exact) mass is 1590 g/mol. The molecule has 14 atom stereocenters. The van der Waals surface area contributed by atoms with Crippen LogP contribution < -0.4 is 0 Å². The molecule has 0 aromatic carbocycles. The maximum absolute atomic E-state index is 2.58. The van der Waals surface area contributed by atoms with E-state index in [0.29, 0.717) is 16.2 Å². The van der Waals surface area contributed by atoms with Gasteiger partial charge in [0.25, 0.3) is 0 Å². The fourth-order valence-corrected chi connectivity index (χ4v) is 26.7. The zero-order valence-electron chi connectivity index (χ0n) is 84.6. The highest BCUT2D eigenvalue weighted by Gasteiger charge is 2.42. The molecule has 0 nitrogen and oxygen atoms in total. The summed E-state index contributed by atoms with van der Waals surface area (Å²) < 4.78 is 0. The van der Waals surface area contributed by atoms with Gasteiger partial charge in [-0.3, -0.25) is 0 Å². The summed E-state index contributed by atoms with van der Waals surface area (Å²) in [5, 5.41) is 0. The third kappa shape index (κ3) is 43.1. The summed E-state index contributed by atoms with van der Waals surface area (Å²) in [6, 6.07) is 0. The smallest absolute Gasteiger partial charge is 0.0298 e. The van der Waals surface area contributed by atoms with Crippen LogP contribution in [0.1, 0.15) is 547 Å². The van der Waals surface area contributed by atoms with Crippen LogP contribution in [-0.4, -0.2) is 0 Å². The lowest BCUT2D eigenvalue weighted by atomic mass is 9.59. The average Bonchev–Trinajstić information content (AvgIpc) is 1.00. The minimum Gasteiger partial charge on any atom is -0.0656 e. The molecule has 14 unspecified atom stereocenters. The van der Waals surface area contributed by atoms with Gasteiger partial charge >= 0.3 is 0 Å². The Kier molecular flexibility index (Phi) is 53.6. The first-order chi connectivity index (χ1) is 54.0. The van der Waals surface area contributed by atoms with Gasteiger partial charge in [-0.2, -0.15) is 0 Å². The standard InChI is InChI=1S/C17H32.C15H28.C14H26.C12H24.C10H20.C9H16.2C9H18.2C8H16.C3H8/c1-13-5-9-15(10-6-13)17(3,4)16-11-7-14(2)8-12-16;1-12-3-7-14(8-4-12)11-15-9-5-13(2)6-10-15;1-11-3-7-13(8-4-11)14-9-5-12(2)6-10-14;1-6-12(5)8-10(2)7-11(3,4)9-12;1-3-9-6-5-7-10(4-2)8-9;1-2-8-5-7-3-4-9(8)6-7;1-7-4-5-8(2)9(3)6-7;1-7-5-4-6-8(2)9(7)3;1-7-3-5-8(2)6-4-7;1-7-4-3-5-8(2)6-7;1-3-2/h13-16H,5-12H2,1-4H3;12-15H,3-11H2,1-2H3;11-14H,3-10H2,1-2H3;10H,6-9H2,1-5H3;9-10H,3-8H2,1-2H3;7-9H,2-6H2,1H3;2*7-9H,4-6H2,1-3H3;2*7-8H,3-6H2,1-2H3;3H2,1-2H3. The third-order valence-corrected chi connectivity index (χ3v) is 36.3. The lowest BCUT2D eigenvalue weighted by molar-refractivity contribution is 0.0421. The molecular formula is C114H222. The van der Waals surface area contributed by atoms with E-state index in [4.69, 9.17) is 0 Å². The van der Waals surface area contributed by atoms with Crippen LogP contribution in [0.4, 0.5) is 0 Å². The van der Waals surface area contributed by atoms with E-state index >= 15 is 0 Å². The largest absolute Gasteiger partial charge is 0.0656 e. The van der Waals surface area contributed by atoms with E-state index in [9.17, 15) is 0 Å². The zero-order chi connectivity index (χ0) is 84.6. The fraction of sp³-hybridized carbons (Fsp3) is 1.00. The maximum Gasteiger partial charge on any atom is -0.0298 e. The van der Waals surface area contributed by atoms with Crippen LogP contribution in [0.5, 0.6) is 0 Å². The molecule has 14 saturated carbocycles. The topological polar surface area (TPSA) is 0 Å². The first kappa shape index (κ1) is 106. The van der Waals surface area contributed by atoms with Gasteiger partial charge in [0, 0.05) is 0 Å². The van der Waals surface area contributed by atoms with Crippen molar-refractivity contribution >= 4 is 0 Å². The van der Waals surface area contributed by atoms with E-state index in [-0.39, 0.29) is 0 Å². The lowest BCUT2D eigenvalue weighted by Gasteiger charge is -2.46. The Morgan fingerprint density at radius 2 is 0.605 bits per heavy atom. The SMILES string of the molecule is CC1CCC(C(C)(C)C2CCC(C)CC2)CC1.CC1CCC(C)C(C)C1.CC1CCC(C)CC1.CC1CCC(C2CCC(C)CC2)CC1.CC1CCC(CC2CCC(C)CC2)CC1.CC1CCCC(C)C1.CC1CCCC(C)C1C.CCC.CCC1(C)CC(C)CC(C)(C)C1.CCC1CC2CCC1C2.CCC1CCCC(CC)C1. The van der Waals surface area contributed by atoms with Gasteiger partial charge in [-0.1, -0.05) is 431 Å². The molecule has 0 aliphatic heterocycles. The summed E-state index contributed by atoms with van der Waals surface area (Å²) >= 11 is 0. The predicted octanol–water partition coefficient (Wildman–Crippen LogP) is 39.3. The molecule has 678 valence electrons. The van der Waals surface area contributed by atoms with Gasteiger partial charge in [0.05, 0.1) is 0 Å². The maximum atomic E-state index is 2.58. The molecule has 0 heterocycles. The number of rotatable bonds is 9. The molecular weight excluding hydrogens is 1370 g/mol. The average molecular weight is 1590 g/mol. The van der Waals surface area contributed by atoms with E-state index in [0.717, 1.165) is 166 Å². The lowest BCUT2D eigenvalue weighted by Crippen LogP contribution is -2.36. The molecule has 0 aromatic heterocycles. The molecule has 0 spiro atoms. The summed E-state index contributed by atoms with van der Waals surface area (Å²) in [6.07, 6.45) is 81.9. The number of fused-ring (bicyclic) bond motifs is 2. The highest BCUT2D eigenvalue weighted by Crippen LogP contribution is 2.53. The zero-order valence-corrected chi connectivity index (χ0v) is 84.6. The van der Waals surface area contributed by atoms with Crippen molar-refractivity contribution in [3.8, 4) is 0 Å². The molecule has 0 heteroatoms. The molecule has 0 aromatic rings. The molecule has 14 fully saturated rings. The van der Waals surface area contributed by atoms with Gasteiger partial charge in [-0.05, 0) is 298 Å². The summed E-state index contributed by atoms with van der Waals surface area (Å²) in [4.78, 5) is 0. The molecule has 0 saturated heterocycles. The van der Waals surface area contributed by atoms with Crippen molar-refractivity contribution in [1.82, 2.24) is 0 Å². The Labute approximate surface area is 724 Å². The van der Waals surface area contributed by atoms with Crippen LogP contribution in [0.3, 0.4) is 0 Å². The Morgan fingerprint density at radius 3 is 0.904 bits per heavy atom. The molecule has 0 N–H and O–H groups in total. The highest BCUT2D eigenvalue weighted by atomic mass is 14.5. The van der Waals surface area contributed by atoms with Crippen LogP contribution in [0.2, 0.25) is 0 Å². The van der Waals surface area contributed by atoms with Gasteiger partial charge in [0.1, 0.15) is 0 Å². The van der Waals surface area contributed by atoms with Crippen LogP contribution in [0, 0.1) is 182 Å². The van der Waals surface area contributed by atoms with Crippen molar-refractivity contribution in [1.29, 1.82) is 0 Å². The van der Waals surface area contributed by atoms with Gasteiger partial charge in [-0.25, -0.2) is 0 Å². The number of hydrogen-bond donors (Lipinski definition) is 0. The van der Waals surface area contributed by atoms with E-state index in [1.54, 1.807) is 57.8 Å². The first-order valence-electron chi connectivity index (χ1n) is 54.0. The normalized spacial score (nSPS) is 41.2. The van der Waals surface area contributed by atoms with Crippen molar-refractivity contribution in [3.63, 3.8) is 0 Å². The molecule has 14 aliphatic rings. The van der Waals surface area contributed by atoms with Crippen LogP contribution in [0.15, 0.2) is 0 Å². The van der Waals surface area contributed by atoms with E-state index < -0.39 is 0 Å². The Balaban J connectivity index is 0.000000268. The molecule has 2 bridgehead atoms. The quantitative estimate of drug-likeness (QED) is 0.216. The summed E-state index contributed by atoms with van der Waals surface area (Å²) in [6.45, 7) is 66.9. The van der Waals surface area contributed by atoms with Crippen molar-refractivity contribution < 1.29 is 0 Å². The first-order valence-corrected chi connectivity index (χ1v) is 54.0. The Hall–Kier alpha value is 0. The van der Waals surface area contributed by atoms with Gasteiger partial charge in [0.15, 0.2) is 0 Å². The highest BCUT2D eigenvalue weighted by molar-refractivity contribution is 4.93. The van der Waals surface area contributed by atoms with Crippen LogP contribution in [0.25, 0.3) is 0 Å². The van der Waals surface area contributed by atoms with E-state index in [1.165, 1.54) is 295 Å². The fourth-order valence-electron chi connectivity index (χ4n) is 26.7. The minimum absolute atomic E-state index is 0.586. The van der Waals surface area contributed by atoms with Gasteiger partial charge < -0.3 is 0 Å². The third-order valence-electron chi connectivity index (χ3n) is 36.3. The second kappa shape index (κ2) is 57.5. The van der Waals surface area contributed by atoms with Crippen molar-refractivity contribution in [2.75, 3.05) is 0 Å². The second-order valence-electron chi connectivity index (χ2n) is 48.9. The van der Waals surface area contributed by atoms with Crippen molar-refractivity contribution in [2.45, 2.75) is 547 Å². The Morgan fingerprint density at radius 1 is 0.263 bits per heavy atom. The summed E-state index contributed by atoms with van der Waals surface area (Å²) in [7, 11) is 0. The summed E-state index contributed by atoms with van der Waals surface area (Å²) in [5.74, 6) is 29.0. The van der Waals surface area contributed by atoms with Crippen LogP contribution >= 0.6 is 0 Å².